The maximum absolute atomic E-state index is 6.12. The van der Waals surface area contributed by atoms with Crippen molar-refractivity contribution in [3.8, 4) is 0 Å². The first-order valence-electron chi connectivity index (χ1n) is 5.11. The molecule has 96 valence electrons. The summed E-state index contributed by atoms with van der Waals surface area (Å²) in [6.07, 6.45) is 0.586. The predicted octanol–water partition coefficient (Wildman–Crippen LogP) is 5.60. The first-order valence-corrected chi connectivity index (χ1v) is 7.44. The summed E-state index contributed by atoms with van der Waals surface area (Å²) < 4.78 is 1.25. The Hall–Kier alpha value is 0.0400. The number of halogens is 4. The lowest BCUT2D eigenvalue weighted by molar-refractivity contribution is 0.725. The normalized spacial score (nSPS) is 12.7. The van der Waals surface area contributed by atoms with E-state index in [9.17, 15) is 0 Å². The second-order valence-electron chi connectivity index (χ2n) is 3.83. The molecule has 0 aliphatic heterocycles. The van der Waals surface area contributed by atoms with Gasteiger partial charge in [0.1, 0.15) is 0 Å². The quantitative estimate of drug-likeness (QED) is 0.772. The summed E-state index contributed by atoms with van der Waals surface area (Å²) in [6.45, 7) is 0. The van der Waals surface area contributed by atoms with Crippen LogP contribution in [0.3, 0.4) is 0 Å². The molecular weight excluding hydrogens is 332 g/mol. The first kappa shape index (κ1) is 14.4. The number of thiophene rings is 1. The lowest BCUT2D eigenvalue weighted by Crippen LogP contribution is -2.13. The zero-order valence-corrected chi connectivity index (χ0v) is 12.9. The smallest absolute Gasteiger partial charge is 0.0992 e. The number of nitrogens with two attached hydrogens (primary N) is 1. The summed E-state index contributed by atoms with van der Waals surface area (Å²) in [6, 6.07) is 6.92. The van der Waals surface area contributed by atoms with E-state index < -0.39 is 0 Å². The summed E-state index contributed by atoms with van der Waals surface area (Å²) in [7, 11) is 0. The van der Waals surface area contributed by atoms with Crippen LogP contribution in [0.2, 0.25) is 18.7 Å². The lowest BCUT2D eigenvalue weighted by Gasteiger charge is -2.12. The molecule has 1 aromatic carbocycles. The van der Waals surface area contributed by atoms with Crippen molar-refractivity contribution in [2.45, 2.75) is 12.5 Å². The molecular formula is C12H9Cl4NS. The molecule has 1 heterocycles. The van der Waals surface area contributed by atoms with Gasteiger partial charge in [-0.15, -0.1) is 11.3 Å². The van der Waals surface area contributed by atoms with Crippen LogP contribution in [0, 0.1) is 0 Å². The molecule has 0 saturated carbocycles. The van der Waals surface area contributed by atoms with Crippen LogP contribution in [0.15, 0.2) is 24.3 Å². The second-order valence-corrected chi connectivity index (χ2v) is 6.96. The van der Waals surface area contributed by atoms with Crippen molar-refractivity contribution >= 4 is 57.7 Å². The van der Waals surface area contributed by atoms with Gasteiger partial charge >= 0.3 is 0 Å². The molecule has 2 aromatic rings. The Kier molecular flexibility index (Phi) is 4.81. The fourth-order valence-corrected chi connectivity index (χ4v) is 3.72. The fraction of sp³-hybridized carbons (Fsp3) is 0.167. The van der Waals surface area contributed by atoms with Crippen LogP contribution in [0.4, 0.5) is 0 Å². The Morgan fingerprint density at radius 2 is 1.83 bits per heavy atom. The summed E-state index contributed by atoms with van der Waals surface area (Å²) in [4.78, 5) is 0. The Morgan fingerprint density at radius 3 is 2.39 bits per heavy atom. The Labute approximate surface area is 129 Å². The van der Waals surface area contributed by atoms with E-state index in [4.69, 9.17) is 52.1 Å². The van der Waals surface area contributed by atoms with E-state index in [0.29, 0.717) is 25.1 Å². The summed E-state index contributed by atoms with van der Waals surface area (Å²) in [5.41, 5.74) is 7.90. The minimum Gasteiger partial charge on any atom is -0.324 e. The molecule has 2 rings (SSSR count). The molecule has 1 aromatic heterocycles. The van der Waals surface area contributed by atoms with Gasteiger partial charge in [0.2, 0.25) is 0 Å². The minimum absolute atomic E-state index is 0.236. The highest BCUT2D eigenvalue weighted by Crippen LogP contribution is 2.36. The van der Waals surface area contributed by atoms with Crippen LogP contribution in [0.25, 0.3) is 0 Å². The van der Waals surface area contributed by atoms with Gasteiger partial charge in [0.15, 0.2) is 0 Å². The molecule has 0 bridgehead atoms. The lowest BCUT2D eigenvalue weighted by atomic mass is 10.0. The van der Waals surface area contributed by atoms with Gasteiger partial charge < -0.3 is 5.73 Å². The van der Waals surface area contributed by atoms with Crippen molar-refractivity contribution in [2.75, 3.05) is 0 Å². The molecule has 2 N–H and O–H groups in total. The summed E-state index contributed by atoms with van der Waals surface area (Å²) in [5.74, 6) is 0. The van der Waals surface area contributed by atoms with Gasteiger partial charge in [0, 0.05) is 21.7 Å². The van der Waals surface area contributed by atoms with E-state index in [1.165, 1.54) is 11.3 Å². The average molecular weight is 341 g/mol. The monoisotopic (exact) mass is 339 g/mol. The van der Waals surface area contributed by atoms with Gasteiger partial charge in [0.05, 0.1) is 8.67 Å². The summed E-state index contributed by atoms with van der Waals surface area (Å²) in [5, 5.41) is 1.21. The predicted molar refractivity (Wildman–Crippen MR) is 81.4 cm³/mol. The Bertz CT molecular complexity index is 567. The van der Waals surface area contributed by atoms with Crippen LogP contribution >= 0.6 is 57.7 Å². The molecule has 1 nitrogen and oxygen atoms in total. The van der Waals surface area contributed by atoms with E-state index in [0.717, 1.165) is 11.1 Å². The number of rotatable bonds is 3. The third kappa shape index (κ3) is 3.32. The fourth-order valence-electron chi connectivity index (χ4n) is 1.64. The highest BCUT2D eigenvalue weighted by Gasteiger charge is 2.15. The molecule has 0 spiro atoms. The number of benzene rings is 1. The maximum atomic E-state index is 6.12. The van der Waals surface area contributed by atoms with E-state index >= 15 is 0 Å². The topological polar surface area (TPSA) is 26.0 Å². The molecule has 0 radical (unpaired) electrons. The molecule has 0 aliphatic carbocycles. The van der Waals surface area contributed by atoms with Crippen molar-refractivity contribution in [3.05, 3.63) is 54.1 Å². The molecule has 1 unspecified atom stereocenters. The van der Waals surface area contributed by atoms with Crippen LogP contribution in [0.1, 0.15) is 17.2 Å². The van der Waals surface area contributed by atoms with Crippen LogP contribution in [0.5, 0.6) is 0 Å². The number of hydrogen-bond donors (Lipinski definition) is 1. The average Bonchev–Trinajstić information content (AvgIpc) is 2.62. The molecule has 0 saturated heterocycles. The van der Waals surface area contributed by atoms with Gasteiger partial charge in [-0.1, -0.05) is 52.5 Å². The van der Waals surface area contributed by atoms with Crippen molar-refractivity contribution in [1.82, 2.24) is 0 Å². The zero-order chi connectivity index (χ0) is 13.3. The van der Waals surface area contributed by atoms with E-state index in [-0.39, 0.29) is 6.04 Å². The van der Waals surface area contributed by atoms with E-state index in [2.05, 4.69) is 0 Å². The molecule has 0 aliphatic rings. The van der Waals surface area contributed by atoms with Gasteiger partial charge in [-0.2, -0.15) is 0 Å². The molecule has 6 heteroatoms. The molecule has 0 fully saturated rings. The van der Waals surface area contributed by atoms with Crippen molar-refractivity contribution in [3.63, 3.8) is 0 Å². The van der Waals surface area contributed by atoms with Gasteiger partial charge in [0.25, 0.3) is 0 Å². The minimum atomic E-state index is -0.236. The highest BCUT2D eigenvalue weighted by molar-refractivity contribution is 7.20. The number of hydrogen-bond acceptors (Lipinski definition) is 2. The third-order valence-electron chi connectivity index (χ3n) is 2.54. The van der Waals surface area contributed by atoms with Crippen molar-refractivity contribution < 1.29 is 0 Å². The Balaban J connectivity index is 2.21. The van der Waals surface area contributed by atoms with Crippen LogP contribution in [-0.4, -0.2) is 0 Å². The van der Waals surface area contributed by atoms with E-state index in [1.807, 2.05) is 6.07 Å². The molecule has 18 heavy (non-hydrogen) atoms. The van der Waals surface area contributed by atoms with Crippen LogP contribution < -0.4 is 5.73 Å². The van der Waals surface area contributed by atoms with Crippen molar-refractivity contribution in [2.24, 2.45) is 5.73 Å². The highest BCUT2D eigenvalue weighted by atomic mass is 35.5. The molecule has 0 amide bonds. The maximum Gasteiger partial charge on any atom is 0.0992 e. The second kappa shape index (κ2) is 6.00. The largest absolute Gasteiger partial charge is 0.324 e. The van der Waals surface area contributed by atoms with E-state index in [1.54, 1.807) is 18.2 Å². The van der Waals surface area contributed by atoms with Gasteiger partial charge in [-0.25, -0.2) is 0 Å². The third-order valence-corrected chi connectivity index (χ3v) is 4.64. The standard InChI is InChI=1S/C12H9Cl4NS/c13-7-2-1-6(9(14)4-7)3-10(17)8-5-11(15)18-12(8)16/h1-2,4-5,10H,3,17H2. The summed E-state index contributed by atoms with van der Waals surface area (Å²) >= 11 is 25.2. The zero-order valence-electron chi connectivity index (χ0n) is 9.09. The molecule has 1 atom stereocenters. The van der Waals surface area contributed by atoms with Gasteiger partial charge in [-0.05, 0) is 30.2 Å². The van der Waals surface area contributed by atoms with Gasteiger partial charge in [-0.3, -0.25) is 0 Å². The van der Waals surface area contributed by atoms with Crippen molar-refractivity contribution in [1.29, 1.82) is 0 Å². The first-order chi connectivity index (χ1) is 8.47. The Morgan fingerprint density at radius 1 is 1.11 bits per heavy atom. The van der Waals surface area contributed by atoms with Crippen LogP contribution in [-0.2, 0) is 6.42 Å². The SMILES string of the molecule is NC(Cc1ccc(Cl)cc1Cl)c1cc(Cl)sc1Cl.